The van der Waals surface area contributed by atoms with Crippen molar-refractivity contribution in [2.75, 3.05) is 46.3 Å². The standard InChI is InChI=1S/C23H26FN3O3S/c1-26(2)12-5-13-27(23-25-18-9-8-17(24)15-21(18)31-23)22(28)11-7-16-6-10-19(29-3)20(14-16)30-4/h6-11,14-15H,5,12-13H2,1-4H3. The highest BCUT2D eigenvalue weighted by Crippen LogP contribution is 2.30. The second kappa shape index (κ2) is 10.4. The van der Waals surface area contributed by atoms with Gasteiger partial charge < -0.3 is 14.4 Å². The van der Waals surface area contributed by atoms with Crippen LogP contribution in [0, 0.1) is 5.82 Å². The molecule has 0 aliphatic heterocycles. The third-order valence-corrected chi connectivity index (χ3v) is 5.69. The number of amides is 1. The Bertz CT molecular complexity index is 1080. The highest BCUT2D eigenvalue weighted by atomic mass is 32.1. The first kappa shape index (κ1) is 22.7. The molecule has 0 fully saturated rings. The highest BCUT2D eigenvalue weighted by molar-refractivity contribution is 7.22. The molecule has 0 aliphatic carbocycles. The number of nitrogens with zero attached hydrogens (tertiary/aromatic N) is 3. The van der Waals surface area contributed by atoms with E-state index in [1.807, 2.05) is 20.2 Å². The molecule has 1 heterocycles. The molecular formula is C23H26FN3O3S. The smallest absolute Gasteiger partial charge is 0.252 e. The maximum Gasteiger partial charge on any atom is 0.252 e. The molecule has 164 valence electrons. The molecule has 0 bridgehead atoms. The van der Waals surface area contributed by atoms with Crippen LogP contribution in [0.4, 0.5) is 9.52 Å². The van der Waals surface area contributed by atoms with Crippen LogP contribution in [-0.2, 0) is 4.79 Å². The molecule has 3 aromatic rings. The Labute approximate surface area is 185 Å². The minimum absolute atomic E-state index is 0.187. The van der Waals surface area contributed by atoms with Crippen molar-refractivity contribution in [3.05, 3.63) is 53.9 Å². The van der Waals surface area contributed by atoms with Crippen molar-refractivity contribution in [3.8, 4) is 11.5 Å². The number of aromatic nitrogens is 1. The normalized spacial score (nSPS) is 11.4. The number of carbonyl (C=O) groups excluding carboxylic acids is 1. The van der Waals surface area contributed by atoms with Crippen LogP contribution in [-0.4, -0.2) is 57.2 Å². The summed E-state index contributed by atoms with van der Waals surface area (Å²) < 4.78 is 24.9. The Balaban J connectivity index is 1.85. The molecule has 6 nitrogen and oxygen atoms in total. The number of anilines is 1. The van der Waals surface area contributed by atoms with Gasteiger partial charge in [0.05, 0.1) is 24.4 Å². The maximum atomic E-state index is 13.6. The van der Waals surface area contributed by atoms with Gasteiger partial charge in [0.1, 0.15) is 5.82 Å². The topological polar surface area (TPSA) is 54.9 Å². The van der Waals surface area contributed by atoms with Crippen LogP contribution in [0.3, 0.4) is 0 Å². The van der Waals surface area contributed by atoms with Gasteiger partial charge in [0, 0.05) is 12.6 Å². The van der Waals surface area contributed by atoms with Gasteiger partial charge in [0.25, 0.3) is 5.91 Å². The van der Waals surface area contributed by atoms with Crippen molar-refractivity contribution in [2.45, 2.75) is 6.42 Å². The van der Waals surface area contributed by atoms with Crippen LogP contribution in [0.15, 0.2) is 42.5 Å². The first-order valence-electron chi connectivity index (χ1n) is 9.83. The van der Waals surface area contributed by atoms with E-state index in [2.05, 4.69) is 9.88 Å². The third-order valence-electron chi connectivity index (χ3n) is 4.65. The van der Waals surface area contributed by atoms with E-state index in [-0.39, 0.29) is 11.7 Å². The summed E-state index contributed by atoms with van der Waals surface area (Å²) in [4.78, 5) is 21.3. The Morgan fingerprint density at radius 3 is 2.58 bits per heavy atom. The maximum absolute atomic E-state index is 13.6. The minimum atomic E-state index is -0.318. The summed E-state index contributed by atoms with van der Waals surface area (Å²) in [5.41, 5.74) is 1.49. The van der Waals surface area contributed by atoms with E-state index in [0.29, 0.717) is 33.4 Å². The van der Waals surface area contributed by atoms with Crippen molar-refractivity contribution in [1.82, 2.24) is 9.88 Å². The number of rotatable bonds is 9. The summed E-state index contributed by atoms with van der Waals surface area (Å²) in [6.07, 6.45) is 4.03. The second-order valence-electron chi connectivity index (χ2n) is 7.20. The van der Waals surface area contributed by atoms with Gasteiger partial charge in [0.15, 0.2) is 16.6 Å². The number of benzene rings is 2. The lowest BCUT2D eigenvalue weighted by Crippen LogP contribution is -2.32. The van der Waals surface area contributed by atoms with E-state index < -0.39 is 0 Å². The number of ether oxygens (including phenoxy) is 2. The first-order valence-corrected chi connectivity index (χ1v) is 10.7. The zero-order valence-electron chi connectivity index (χ0n) is 18.1. The van der Waals surface area contributed by atoms with E-state index in [1.54, 1.807) is 43.4 Å². The van der Waals surface area contributed by atoms with Crippen LogP contribution in [0.2, 0.25) is 0 Å². The molecule has 3 rings (SSSR count). The molecule has 8 heteroatoms. The molecule has 31 heavy (non-hydrogen) atoms. The Morgan fingerprint density at radius 2 is 1.87 bits per heavy atom. The zero-order valence-corrected chi connectivity index (χ0v) is 18.9. The molecule has 0 saturated carbocycles. The fourth-order valence-corrected chi connectivity index (χ4v) is 4.08. The molecule has 0 aliphatic rings. The lowest BCUT2D eigenvalue weighted by Gasteiger charge is -2.19. The number of hydrogen-bond acceptors (Lipinski definition) is 6. The van der Waals surface area contributed by atoms with Crippen LogP contribution in [0.5, 0.6) is 11.5 Å². The number of fused-ring (bicyclic) bond motifs is 1. The fourth-order valence-electron chi connectivity index (χ4n) is 3.06. The van der Waals surface area contributed by atoms with E-state index in [4.69, 9.17) is 9.47 Å². The molecule has 0 unspecified atom stereocenters. The Morgan fingerprint density at radius 1 is 1.10 bits per heavy atom. The molecule has 0 saturated heterocycles. The Hall–Kier alpha value is -2.97. The fraction of sp³-hybridized carbons (Fsp3) is 0.304. The first-order chi connectivity index (χ1) is 14.9. The van der Waals surface area contributed by atoms with Crippen molar-refractivity contribution in [3.63, 3.8) is 0 Å². The summed E-state index contributed by atoms with van der Waals surface area (Å²) in [5.74, 6) is 0.709. The van der Waals surface area contributed by atoms with Crippen LogP contribution in [0.25, 0.3) is 16.3 Å². The van der Waals surface area contributed by atoms with Crippen LogP contribution < -0.4 is 14.4 Å². The molecule has 0 N–H and O–H groups in total. The molecular weight excluding hydrogens is 417 g/mol. The Kier molecular flexibility index (Phi) is 7.59. The van der Waals surface area contributed by atoms with E-state index in [9.17, 15) is 9.18 Å². The molecule has 0 spiro atoms. The summed E-state index contributed by atoms with van der Waals surface area (Å²) >= 11 is 1.31. The molecule has 2 aromatic carbocycles. The monoisotopic (exact) mass is 443 g/mol. The van der Waals surface area contributed by atoms with Gasteiger partial charge in [-0.25, -0.2) is 9.37 Å². The number of thiazole rings is 1. The van der Waals surface area contributed by atoms with E-state index in [0.717, 1.165) is 18.5 Å². The van der Waals surface area contributed by atoms with Gasteiger partial charge in [-0.05, 0) is 69.0 Å². The summed E-state index contributed by atoms with van der Waals surface area (Å²) in [7, 11) is 7.12. The molecule has 0 atom stereocenters. The summed E-state index contributed by atoms with van der Waals surface area (Å²) in [5, 5.41) is 0.557. The second-order valence-corrected chi connectivity index (χ2v) is 8.21. The summed E-state index contributed by atoms with van der Waals surface area (Å²) in [6, 6.07) is 9.90. The minimum Gasteiger partial charge on any atom is -0.493 e. The average molecular weight is 444 g/mol. The third kappa shape index (κ3) is 5.80. The predicted molar refractivity (Wildman–Crippen MR) is 124 cm³/mol. The summed E-state index contributed by atoms with van der Waals surface area (Å²) in [6.45, 7) is 1.35. The molecule has 1 amide bonds. The lowest BCUT2D eigenvalue weighted by atomic mass is 10.2. The van der Waals surface area contributed by atoms with Crippen LogP contribution in [0.1, 0.15) is 12.0 Å². The SMILES string of the molecule is COc1ccc(C=CC(=O)N(CCCN(C)C)c2nc3ccc(F)cc3s2)cc1OC. The van der Waals surface area contributed by atoms with Gasteiger partial charge >= 0.3 is 0 Å². The van der Waals surface area contributed by atoms with E-state index >= 15 is 0 Å². The van der Waals surface area contributed by atoms with Gasteiger partial charge in [0.2, 0.25) is 0 Å². The van der Waals surface area contributed by atoms with Crippen molar-refractivity contribution >= 4 is 38.7 Å². The predicted octanol–water partition coefficient (Wildman–Crippen LogP) is 4.45. The van der Waals surface area contributed by atoms with Gasteiger partial charge in [-0.1, -0.05) is 17.4 Å². The number of methoxy groups -OCH3 is 2. The van der Waals surface area contributed by atoms with Crippen molar-refractivity contribution in [1.29, 1.82) is 0 Å². The van der Waals surface area contributed by atoms with Gasteiger partial charge in [-0.3, -0.25) is 9.69 Å². The molecule has 0 radical (unpaired) electrons. The van der Waals surface area contributed by atoms with Crippen LogP contribution >= 0.6 is 11.3 Å². The van der Waals surface area contributed by atoms with Gasteiger partial charge in [-0.2, -0.15) is 0 Å². The zero-order chi connectivity index (χ0) is 22.4. The highest BCUT2D eigenvalue weighted by Gasteiger charge is 2.18. The number of carbonyl (C=O) groups is 1. The number of halogens is 1. The largest absolute Gasteiger partial charge is 0.493 e. The van der Waals surface area contributed by atoms with Crippen molar-refractivity contribution in [2.24, 2.45) is 0 Å². The average Bonchev–Trinajstić information content (AvgIpc) is 3.17. The van der Waals surface area contributed by atoms with E-state index in [1.165, 1.54) is 29.5 Å². The number of hydrogen-bond donors (Lipinski definition) is 0. The quantitative estimate of drug-likeness (QED) is 0.458. The van der Waals surface area contributed by atoms with Gasteiger partial charge in [-0.15, -0.1) is 0 Å². The van der Waals surface area contributed by atoms with Crippen molar-refractivity contribution < 1.29 is 18.7 Å². The molecule has 1 aromatic heterocycles. The lowest BCUT2D eigenvalue weighted by molar-refractivity contribution is -0.114.